The Bertz CT molecular complexity index is 392. The highest BCUT2D eigenvalue weighted by Crippen LogP contribution is 2.16. The number of ether oxygens (including phenoxy) is 2. The highest BCUT2D eigenvalue weighted by Gasteiger charge is 2.09. The topological polar surface area (TPSA) is 42.5 Å². The maximum atomic E-state index is 5.64. The van der Waals surface area contributed by atoms with E-state index in [1.807, 2.05) is 18.2 Å². The van der Waals surface area contributed by atoms with Crippen LogP contribution < -0.4 is 10.6 Å². The standard InChI is InChI=1S/C20H34N2O2/c1-2-5-9-19(10-6-3-1)21-13-15-23-17-18-24-16-14-22-20-11-7-4-8-12-20/h4,7-8,11-12,19,21-22H,1-3,5-6,9-10,13-18H2. The van der Waals surface area contributed by atoms with Crippen LogP contribution >= 0.6 is 0 Å². The summed E-state index contributed by atoms with van der Waals surface area (Å²) in [4.78, 5) is 0. The second kappa shape index (κ2) is 13.2. The Kier molecular flexibility index (Phi) is 10.6. The number of benzene rings is 1. The Labute approximate surface area is 147 Å². The van der Waals surface area contributed by atoms with Gasteiger partial charge < -0.3 is 20.1 Å². The largest absolute Gasteiger partial charge is 0.383 e. The monoisotopic (exact) mass is 334 g/mol. The van der Waals surface area contributed by atoms with Gasteiger partial charge in [-0.05, 0) is 25.0 Å². The van der Waals surface area contributed by atoms with E-state index in [1.54, 1.807) is 0 Å². The molecule has 0 atom stereocenters. The zero-order valence-electron chi connectivity index (χ0n) is 15.0. The molecule has 0 amide bonds. The van der Waals surface area contributed by atoms with Gasteiger partial charge in [-0.2, -0.15) is 0 Å². The summed E-state index contributed by atoms with van der Waals surface area (Å²) >= 11 is 0. The molecule has 0 heterocycles. The zero-order chi connectivity index (χ0) is 16.7. The van der Waals surface area contributed by atoms with Crippen LogP contribution in [-0.4, -0.2) is 45.6 Å². The Morgan fingerprint density at radius 2 is 1.38 bits per heavy atom. The number of rotatable bonds is 11. The number of nitrogens with one attached hydrogen (secondary N) is 2. The van der Waals surface area contributed by atoms with Crippen molar-refractivity contribution < 1.29 is 9.47 Å². The summed E-state index contributed by atoms with van der Waals surface area (Å²) in [7, 11) is 0. The Morgan fingerprint density at radius 3 is 2.08 bits per heavy atom. The van der Waals surface area contributed by atoms with E-state index in [9.17, 15) is 0 Å². The molecule has 2 rings (SSSR count). The van der Waals surface area contributed by atoms with E-state index in [4.69, 9.17) is 9.47 Å². The molecule has 1 aromatic rings. The van der Waals surface area contributed by atoms with Gasteiger partial charge in [0, 0.05) is 24.8 Å². The molecular formula is C20H34N2O2. The summed E-state index contributed by atoms with van der Waals surface area (Å²) < 4.78 is 11.2. The van der Waals surface area contributed by atoms with Gasteiger partial charge in [0.2, 0.25) is 0 Å². The van der Waals surface area contributed by atoms with Gasteiger partial charge in [-0.15, -0.1) is 0 Å². The van der Waals surface area contributed by atoms with E-state index in [0.717, 1.165) is 25.4 Å². The number of hydrogen-bond acceptors (Lipinski definition) is 4. The second-order valence-corrected chi connectivity index (χ2v) is 6.51. The first-order valence-electron chi connectivity index (χ1n) is 9.63. The van der Waals surface area contributed by atoms with Crippen molar-refractivity contribution in [2.24, 2.45) is 0 Å². The molecule has 1 aromatic carbocycles. The van der Waals surface area contributed by atoms with Crippen LogP contribution in [0, 0.1) is 0 Å². The van der Waals surface area contributed by atoms with E-state index in [2.05, 4.69) is 22.8 Å². The molecule has 1 aliphatic carbocycles. The average Bonchev–Trinajstić information content (AvgIpc) is 2.59. The predicted molar refractivity (Wildman–Crippen MR) is 101 cm³/mol. The Morgan fingerprint density at radius 1 is 0.750 bits per heavy atom. The van der Waals surface area contributed by atoms with Crippen molar-refractivity contribution in [1.82, 2.24) is 5.32 Å². The van der Waals surface area contributed by atoms with Gasteiger partial charge in [-0.1, -0.05) is 50.3 Å². The van der Waals surface area contributed by atoms with Crippen molar-refractivity contribution in [2.45, 2.75) is 51.0 Å². The van der Waals surface area contributed by atoms with E-state index < -0.39 is 0 Å². The van der Waals surface area contributed by atoms with Crippen LogP contribution in [0.4, 0.5) is 5.69 Å². The van der Waals surface area contributed by atoms with Crippen molar-refractivity contribution in [3.63, 3.8) is 0 Å². The van der Waals surface area contributed by atoms with Crippen LogP contribution in [0.25, 0.3) is 0 Å². The van der Waals surface area contributed by atoms with E-state index in [1.165, 1.54) is 44.9 Å². The molecule has 0 aliphatic heterocycles. The minimum absolute atomic E-state index is 0.667. The molecule has 0 saturated heterocycles. The number of hydrogen-bond donors (Lipinski definition) is 2. The quantitative estimate of drug-likeness (QED) is 0.604. The number of para-hydroxylation sites is 1. The molecule has 0 spiro atoms. The van der Waals surface area contributed by atoms with Crippen molar-refractivity contribution in [3.05, 3.63) is 30.3 Å². The van der Waals surface area contributed by atoms with Gasteiger partial charge in [0.05, 0.1) is 26.4 Å². The van der Waals surface area contributed by atoms with Crippen LogP contribution in [0.5, 0.6) is 0 Å². The van der Waals surface area contributed by atoms with Crippen molar-refractivity contribution in [3.8, 4) is 0 Å². The molecule has 0 bridgehead atoms. The summed E-state index contributed by atoms with van der Waals surface area (Å²) in [6.45, 7) is 4.62. The molecule has 0 unspecified atom stereocenters. The van der Waals surface area contributed by atoms with Crippen LogP contribution in [0.3, 0.4) is 0 Å². The molecule has 4 nitrogen and oxygen atoms in total. The summed E-state index contributed by atoms with van der Waals surface area (Å²) in [6.07, 6.45) is 9.66. The first-order valence-corrected chi connectivity index (χ1v) is 9.63. The summed E-state index contributed by atoms with van der Waals surface area (Å²) in [5.74, 6) is 0. The maximum Gasteiger partial charge on any atom is 0.0701 e. The normalized spacial score (nSPS) is 16.5. The average molecular weight is 335 g/mol. The first-order chi connectivity index (χ1) is 11.9. The fourth-order valence-corrected chi connectivity index (χ4v) is 3.14. The molecule has 1 saturated carbocycles. The fourth-order valence-electron chi connectivity index (χ4n) is 3.14. The lowest BCUT2D eigenvalue weighted by molar-refractivity contribution is 0.0518. The second-order valence-electron chi connectivity index (χ2n) is 6.51. The lowest BCUT2D eigenvalue weighted by atomic mass is 9.97. The van der Waals surface area contributed by atoms with Crippen LogP contribution in [0.1, 0.15) is 44.9 Å². The third-order valence-corrected chi connectivity index (χ3v) is 4.51. The first kappa shape index (κ1) is 19.2. The molecule has 1 aliphatic rings. The highest BCUT2D eigenvalue weighted by atomic mass is 16.5. The minimum atomic E-state index is 0.667. The van der Waals surface area contributed by atoms with Gasteiger partial charge in [-0.3, -0.25) is 0 Å². The lowest BCUT2D eigenvalue weighted by Gasteiger charge is -2.21. The van der Waals surface area contributed by atoms with Crippen LogP contribution in [0.15, 0.2) is 30.3 Å². The highest BCUT2D eigenvalue weighted by molar-refractivity contribution is 5.42. The minimum Gasteiger partial charge on any atom is -0.383 e. The molecule has 24 heavy (non-hydrogen) atoms. The zero-order valence-corrected chi connectivity index (χ0v) is 15.0. The van der Waals surface area contributed by atoms with Gasteiger partial charge in [0.25, 0.3) is 0 Å². The van der Waals surface area contributed by atoms with Gasteiger partial charge in [0.15, 0.2) is 0 Å². The lowest BCUT2D eigenvalue weighted by Crippen LogP contribution is -2.32. The number of anilines is 1. The molecule has 136 valence electrons. The molecule has 0 aromatic heterocycles. The third-order valence-electron chi connectivity index (χ3n) is 4.51. The molecule has 0 radical (unpaired) electrons. The Balaban J connectivity index is 1.35. The van der Waals surface area contributed by atoms with Crippen molar-refractivity contribution >= 4 is 5.69 Å². The SMILES string of the molecule is c1ccc(NCCOCCOCCNC2CCCCCCC2)cc1. The molecule has 2 N–H and O–H groups in total. The van der Waals surface area contributed by atoms with Crippen LogP contribution in [0.2, 0.25) is 0 Å². The Hall–Kier alpha value is -1.10. The molecule has 1 fully saturated rings. The van der Waals surface area contributed by atoms with Gasteiger partial charge >= 0.3 is 0 Å². The maximum absolute atomic E-state index is 5.64. The summed E-state index contributed by atoms with van der Waals surface area (Å²) in [5.41, 5.74) is 1.14. The molecular weight excluding hydrogens is 300 g/mol. The van der Waals surface area contributed by atoms with Crippen LogP contribution in [-0.2, 0) is 9.47 Å². The molecule has 4 heteroatoms. The van der Waals surface area contributed by atoms with Gasteiger partial charge in [-0.25, -0.2) is 0 Å². The third kappa shape index (κ3) is 9.26. The summed E-state index contributed by atoms with van der Waals surface area (Å²) in [5, 5.41) is 6.97. The van der Waals surface area contributed by atoms with E-state index in [0.29, 0.717) is 25.9 Å². The van der Waals surface area contributed by atoms with Gasteiger partial charge in [0.1, 0.15) is 0 Å². The van der Waals surface area contributed by atoms with Crippen molar-refractivity contribution in [1.29, 1.82) is 0 Å². The summed E-state index contributed by atoms with van der Waals surface area (Å²) in [6, 6.07) is 10.9. The smallest absolute Gasteiger partial charge is 0.0701 e. The predicted octanol–water partition coefficient (Wildman–Crippen LogP) is 3.83. The van der Waals surface area contributed by atoms with Crippen molar-refractivity contribution in [2.75, 3.05) is 44.8 Å². The van der Waals surface area contributed by atoms with E-state index >= 15 is 0 Å². The fraction of sp³-hybridized carbons (Fsp3) is 0.700. The van der Waals surface area contributed by atoms with E-state index in [-0.39, 0.29) is 0 Å².